The van der Waals surface area contributed by atoms with Crippen molar-refractivity contribution in [3.05, 3.63) is 27.6 Å². The summed E-state index contributed by atoms with van der Waals surface area (Å²) in [6, 6.07) is 0. The highest BCUT2D eigenvalue weighted by molar-refractivity contribution is 6.35. The van der Waals surface area contributed by atoms with Crippen molar-refractivity contribution >= 4 is 34.8 Å². The Kier molecular flexibility index (Phi) is 3.56. The van der Waals surface area contributed by atoms with E-state index in [1.165, 1.54) is 30.7 Å². The lowest BCUT2D eigenvalue weighted by molar-refractivity contribution is 0.0602. The van der Waals surface area contributed by atoms with Crippen molar-refractivity contribution in [2.24, 2.45) is 0 Å². The molecule has 20 heavy (non-hydrogen) atoms. The van der Waals surface area contributed by atoms with Crippen LogP contribution in [0, 0.1) is 0 Å². The van der Waals surface area contributed by atoms with E-state index in [2.05, 4.69) is 10.1 Å². The van der Waals surface area contributed by atoms with Gasteiger partial charge in [-0.15, -0.1) is 0 Å². The number of hydrogen-bond acceptors (Lipinski definition) is 4. The second-order valence-corrected chi connectivity index (χ2v) is 5.59. The fraction of sp³-hybridized carbons (Fsp3) is 0.462. The molecule has 3 rings (SSSR count). The summed E-state index contributed by atoms with van der Waals surface area (Å²) in [6.45, 7) is 0. The van der Waals surface area contributed by atoms with E-state index in [9.17, 15) is 4.79 Å². The number of carbonyl (C=O) groups excluding carboxylic acids is 1. The summed E-state index contributed by atoms with van der Waals surface area (Å²) < 4.78 is 6.15. The minimum atomic E-state index is -0.506. The first-order chi connectivity index (χ1) is 9.63. The zero-order valence-electron chi connectivity index (χ0n) is 10.9. The third-order valence-corrected chi connectivity index (χ3v) is 4.40. The molecule has 0 radical (unpaired) electrons. The lowest BCUT2D eigenvalue weighted by Gasteiger charge is -2.14. The molecule has 2 heterocycles. The van der Waals surface area contributed by atoms with Gasteiger partial charge in [0.2, 0.25) is 0 Å². The fourth-order valence-electron chi connectivity index (χ4n) is 2.75. The Hall–Kier alpha value is -1.33. The molecule has 7 heteroatoms. The number of nitrogens with zero attached hydrogens (tertiary/aromatic N) is 3. The Bertz CT molecular complexity index is 678. The Labute approximate surface area is 125 Å². The van der Waals surface area contributed by atoms with Crippen LogP contribution in [0.5, 0.6) is 0 Å². The summed E-state index contributed by atoms with van der Waals surface area (Å²) in [4.78, 5) is 15.9. The molecule has 0 atom stereocenters. The lowest BCUT2D eigenvalue weighted by atomic mass is 10.0. The number of carbonyl (C=O) groups is 1. The van der Waals surface area contributed by atoms with Crippen LogP contribution in [-0.2, 0) is 4.74 Å². The molecule has 1 aliphatic carbocycles. The molecule has 1 saturated carbocycles. The van der Waals surface area contributed by atoms with Gasteiger partial charge in [0, 0.05) is 5.56 Å². The number of hydrogen-bond donors (Lipinski definition) is 0. The van der Waals surface area contributed by atoms with E-state index in [1.54, 1.807) is 0 Å². The molecule has 1 fully saturated rings. The number of ether oxygens (including phenoxy) is 1. The molecule has 0 amide bonds. The molecule has 0 N–H and O–H groups in total. The zero-order chi connectivity index (χ0) is 14.3. The molecule has 0 unspecified atom stereocenters. The Balaban J connectivity index is 2.18. The molecule has 0 aromatic carbocycles. The van der Waals surface area contributed by atoms with Gasteiger partial charge in [-0.1, -0.05) is 36.0 Å². The first kappa shape index (κ1) is 13.6. The lowest BCUT2D eigenvalue weighted by Crippen LogP contribution is -2.06. The predicted octanol–water partition coefficient (Wildman–Crippen LogP) is 3.48. The van der Waals surface area contributed by atoms with Gasteiger partial charge in [-0.25, -0.2) is 14.3 Å². The van der Waals surface area contributed by atoms with Crippen LogP contribution in [0.1, 0.15) is 47.5 Å². The van der Waals surface area contributed by atoms with Crippen molar-refractivity contribution in [2.75, 3.05) is 7.11 Å². The number of rotatable bonds is 2. The van der Waals surface area contributed by atoms with Crippen molar-refractivity contribution in [3.63, 3.8) is 0 Å². The second kappa shape index (κ2) is 5.22. The van der Waals surface area contributed by atoms with Crippen molar-refractivity contribution in [2.45, 2.75) is 31.6 Å². The number of methoxy groups -OCH3 is 1. The Morgan fingerprint density at radius 2 is 2.10 bits per heavy atom. The van der Waals surface area contributed by atoms with Gasteiger partial charge in [0.15, 0.2) is 5.65 Å². The van der Waals surface area contributed by atoms with Gasteiger partial charge in [-0.3, -0.25) is 0 Å². The standard InChI is InChI=1S/C13H13Cl2N3O2/c1-20-13(19)8-6-16-18-11(15)9(7-4-2-3-5-7)10(14)17-12(8)18/h6-7H,2-5H2,1H3. The molecule has 1 aliphatic rings. The van der Waals surface area contributed by atoms with E-state index in [0.717, 1.165) is 18.4 Å². The van der Waals surface area contributed by atoms with Crippen LogP contribution in [-0.4, -0.2) is 27.7 Å². The Morgan fingerprint density at radius 3 is 2.75 bits per heavy atom. The maximum atomic E-state index is 11.7. The average molecular weight is 314 g/mol. The van der Waals surface area contributed by atoms with Gasteiger partial charge < -0.3 is 4.74 Å². The summed E-state index contributed by atoms with van der Waals surface area (Å²) in [5, 5.41) is 4.90. The number of esters is 1. The molecule has 0 spiro atoms. The van der Waals surface area contributed by atoms with Crippen LogP contribution >= 0.6 is 23.2 Å². The minimum absolute atomic E-state index is 0.259. The van der Waals surface area contributed by atoms with Gasteiger partial charge in [0.05, 0.1) is 13.3 Å². The molecule has 0 saturated heterocycles. The topological polar surface area (TPSA) is 56.5 Å². The molecule has 2 aromatic heterocycles. The van der Waals surface area contributed by atoms with E-state index in [4.69, 9.17) is 27.9 Å². The number of halogens is 2. The first-order valence-electron chi connectivity index (χ1n) is 6.44. The normalized spacial score (nSPS) is 15.9. The third kappa shape index (κ3) is 2.05. The molecule has 0 bridgehead atoms. The van der Waals surface area contributed by atoms with E-state index in [1.807, 2.05) is 0 Å². The highest BCUT2D eigenvalue weighted by Gasteiger charge is 2.27. The summed E-state index contributed by atoms with van der Waals surface area (Å²) >= 11 is 12.7. The molecule has 0 aliphatic heterocycles. The molecule has 106 valence electrons. The molecule has 2 aromatic rings. The zero-order valence-corrected chi connectivity index (χ0v) is 12.4. The van der Waals surface area contributed by atoms with Crippen molar-refractivity contribution in [1.29, 1.82) is 0 Å². The molecular formula is C13H13Cl2N3O2. The highest BCUT2D eigenvalue weighted by atomic mass is 35.5. The van der Waals surface area contributed by atoms with Crippen molar-refractivity contribution in [3.8, 4) is 0 Å². The Morgan fingerprint density at radius 1 is 1.40 bits per heavy atom. The number of aromatic nitrogens is 3. The van der Waals surface area contributed by atoms with E-state index >= 15 is 0 Å². The van der Waals surface area contributed by atoms with Crippen LogP contribution in [0.25, 0.3) is 5.65 Å². The third-order valence-electron chi connectivity index (χ3n) is 3.75. The van der Waals surface area contributed by atoms with Crippen molar-refractivity contribution in [1.82, 2.24) is 14.6 Å². The molecular weight excluding hydrogens is 301 g/mol. The monoisotopic (exact) mass is 313 g/mol. The van der Waals surface area contributed by atoms with Gasteiger partial charge >= 0.3 is 5.97 Å². The summed E-state index contributed by atoms with van der Waals surface area (Å²) in [5.74, 6) is -0.189. The predicted molar refractivity (Wildman–Crippen MR) is 75.6 cm³/mol. The van der Waals surface area contributed by atoms with Crippen LogP contribution in [0.4, 0.5) is 0 Å². The van der Waals surface area contributed by atoms with Crippen LogP contribution in [0.2, 0.25) is 10.3 Å². The van der Waals surface area contributed by atoms with Crippen LogP contribution in [0.15, 0.2) is 6.20 Å². The molecule has 5 nitrogen and oxygen atoms in total. The minimum Gasteiger partial charge on any atom is -0.465 e. The summed E-state index contributed by atoms with van der Waals surface area (Å²) in [7, 11) is 1.31. The van der Waals surface area contributed by atoms with E-state index in [0.29, 0.717) is 21.9 Å². The second-order valence-electron chi connectivity index (χ2n) is 4.87. The SMILES string of the molecule is COC(=O)c1cnn2c(Cl)c(C3CCCC3)c(Cl)nc12. The van der Waals surface area contributed by atoms with Crippen LogP contribution < -0.4 is 0 Å². The average Bonchev–Trinajstić information content (AvgIpc) is 3.07. The van der Waals surface area contributed by atoms with Crippen molar-refractivity contribution < 1.29 is 9.53 Å². The quantitative estimate of drug-likeness (QED) is 0.629. The maximum Gasteiger partial charge on any atom is 0.343 e. The summed E-state index contributed by atoms with van der Waals surface area (Å²) in [6.07, 6.45) is 5.84. The maximum absolute atomic E-state index is 11.7. The number of fused-ring (bicyclic) bond motifs is 1. The van der Waals surface area contributed by atoms with Gasteiger partial charge in [0.25, 0.3) is 0 Å². The smallest absolute Gasteiger partial charge is 0.343 e. The van der Waals surface area contributed by atoms with Gasteiger partial charge in [-0.05, 0) is 18.8 Å². The highest BCUT2D eigenvalue weighted by Crippen LogP contribution is 2.40. The largest absolute Gasteiger partial charge is 0.465 e. The van der Waals surface area contributed by atoms with Gasteiger partial charge in [0.1, 0.15) is 15.9 Å². The van der Waals surface area contributed by atoms with Crippen LogP contribution in [0.3, 0.4) is 0 Å². The van der Waals surface area contributed by atoms with Gasteiger partial charge in [-0.2, -0.15) is 5.10 Å². The first-order valence-corrected chi connectivity index (χ1v) is 7.20. The fourth-order valence-corrected chi connectivity index (χ4v) is 3.49. The summed E-state index contributed by atoms with van der Waals surface area (Å²) in [5.41, 5.74) is 1.42. The van der Waals surface area contributed by atoms with E-state index < -0.39 is 5.97 Å². The van der Waals surface area contributed by atoms with E-state index in [-0.39, 0.29) is 5.56 Å².